The number of hydrogen-bond acceptors (Lipinski definition) is 6. The molecule has 208 valence electrons. The molecule has 0 aliphatic carbocycles. The van der Waals surface area contributed by atoms with E-state index < -0.39 is 0 Å². The maximum absolute atomic E-state index is 13.2. The van der Waals surface area contributed by atoms with Crippen molar-refractivity contribution in [1.29, 1.82) is 0 Å². The molecule has 0 saturated carbocycles. The average Bonchev–Trinajstić information content (AvgIpc) is 3.65. The second-order valence-corrected chi connectivity index (χ2v) is 12.4. The van der Waals surface area contributed by atoms with E-state index in [0.717, 1.165) is 59.6 Å². The molecule has 0 spiro atoms. The molecule has 1 saturated heterocycles. The summed E-state index contributed by atoms with van der Waals surface area (Å²) in [7, 11) is 0. The number of amides is 1. The van der Waals surface area contributed by atoms with Gasteiger partial charge in [0, 0.05) is 24.9 Å². The molecule has 8 heteroatoms. The van der Waals surface area contributed by atoms with Gasteiger partial charge in [-0.25, -0.2) is 4.98 Å². The standard InChI is InChI=1S/C33H33N5OS2/c1-24-10-8-9-15-29(24)38-30(21-26-13-6-3-7-14-26)35-36-33(38)41-23-31-34-28(22-40-31)32(39)37-18-16-27(17-19-37)20-25-11-4-2-5-12-25/h2-15,22,27H,16-21,23H2,1H3. The Morgan fingerprint density at radius 1 is 0.902 bits per heavy atom. The topological polar surface area (TPSA) is 63.9 Å². The van der Waals surface area contributed by atoms with Crippen molar-refractivity contribution in [2.24, 2.45) is 5.92 Å². The Labute approximate surface area is 249 Å². The Balaban J connectivity index is 1.11. The van der Waals surface area contributed by atoms with Crippen LogP contribution in [0.25, 0.3) is 5.69 Å². The number of aromatic nitrogens is 4. The van der Waals surface area contributed by atoms with Crippen LogP contribution in [0.1, 0.15) is 50.9 Å². The van der Waals surface area contributed by atoms with Gasteiger partial charge in [-0.05, 0) is 54.9 Å². The summed E-state index contributed by atoms with van der Waals surface area (Å²) in [5.74, 6) is 2.20. The van der Waals surface area contributed by atoms with Crippen LogP contribution in [0.2, 0.25) is 0 Å². The van der Waals surface area contributed by atoms with Gasteiger partial charge in [0.1, 0.15) is 16.5 Å². The minimum absolute atomic E-state index is 0.0453. The average molecular weight is 580 g/mol. The molecular weight excluding hydrogens is 547 g/mol. The van der Waals surface area contributed by atoms with E-state index >= 15 is 0 Å². The zero-order valence-electron chi connectivity index (χ0n) is 23.1. The fourth-order valence-corrected chi connectivity index (χ4v) is 7.14. The molecule has 0 N–H and O–H groups in total. The highest BCUT2D eigenvalue weighted by atomic mass is 32.2. The lowest BCUT2D eigenvalue weighted by molar-refractivity contribution is 0.0685. The molecule has 3 aromatic carbocycles. The SMILES string of the molecule is Cc1ccccc1-n1c(Cc2ccccc2)nnc1SCc1nc(C(=O)N2CCC(Cc3ccccc3)CC2)cs1. The van der Waals surface area contributed by atoms with Gasteiger partial charge in [-0.2, -0.15) is 0 Å². The first-order valence-electron chi connectivity index (χ1n) is 14.1. The van der Waals surface area contributed by atoms with E-state index in [1.54, 1.807) is 23.1 Å². The van der Waals surface area contributed by atoms with Gasteiger partial charge in [0.05, 0.1) is 11.4 Å². The van der Waals surface area contributed by atoms with Crippen LogP contribution < -0.4 is 0 Å². The fourth-order valence-electron chi connectivity index (χ4n) is 5.39. The summed E-state index contributed by atoms with van der Waals surface area (Å²) in [6.45, 7) is 3.70. The predicted octanol–water partition coefficient (Wildman–Crippen LogP) is 7.01. The molecule has 41 heavy (non-hydrogen) atoms. The number of likely N-dealkylation sites (tertiary alicyclic amines) is 1. The summed E-state index contributed by atoms with van der Waals surface area (Å²) in [4.78, 5) is 19.9. The number of para-hydroxylation sites is 1. The molecule has 0 atom stereocenters. The number of hydrogen-bond donors (Lipinski definition) is 0. The van der Waals surface area contributed by atoms with Crippen molar-refractivity contribution in [2.75, 3.05) is 13.1 Å². The third kappa shape index (κ3) is 6.60. The number of carbonyl (C=O) groups is 1. The van der Waals surface area contributed by atoms with E-state index in [1.807, 2.05) is 40.6 Å². The number of rotatable bonds is 9. The molecule has 2 aromatic heterocycles. The Kier molecular flexibility index (Phi) is 8.58. The Bertz CT molecular complexity index is 1590. The largest absolute Gasteiger partial charge is 0.337 e. The minimum Gasteiger partial charge on any atom is -0.337 e. The molecule has 0 unspecified atom stereocenters. The quantitative estimate of drug-likeness (QED) is 0.176. The van der Waals surface area contributed by atoms with Gasteiger partial charge in [-0.1, -0.05) is 90.6 Å². The molecule has 1 amide bonds. The number of thiazole rings is 1. The number of benzene rings is 3. The molecule has 6 rings (SSSR count). The third-order valence-corrected chi connectivity index (χ3v) is 9.60. The van der Waals surface area contributed by atoms with Crippen molar-refractivity contribution < 1.29 is 4.79 Å². The first-order valence-corrected chi connectivity index (χ1v) is 15.9. The smallest absolute Gasteiger partial charge is 0.273 e. The molecule has 6 nitrogen and oxygen atoms in total. The molecule has 0 bridgehead atoms. The summed E-state index contributed by atoms with van der Waals surface area (Å²) in [5.41, 5.74) is 5.37. The van der Waals surface area contributed by atoms with Crippen LogP contribution in [-0.4, -0.2) is 43.6 Å². The Hall–Kier alpha value is -3.75. The highest BCUT2D eigenvalue weighted by Gasteiger charge is 2.25. The minimum atomic E-state index is 0.0453. The van der Waals surface area contributed by atoms with Gasteiger partial charge in [0.15, 0.2) is 5.16 Å². The van der Waals surface area contributed by atoms with Gasteiger partial charge < -0.3 is 4.90 Å². The summed E-state index contributed by atoms with van der Waals surface area (Å²) in [6, 6.07) is 29.3. The summed E-state index contributed by atoms with van der Waals surface area (Å²) < 4.78 is 2.16. The van der Waals surface area contributed by atoms with Crippen molar-refractivity contribution >= 4 is 29.0 Å². The molecule has 1 aliphatic heterocycles. The van der Waals surface area contributed by atoms with E-state index in [0.29, 0.717) is 23.8 Å². The lowest BCUT2D eigenvalue weighted by Crippen LogP contribution is -2.39. The van der Waals surface area contributed by atoms with Gasteiger partial charge in [0.2, 0.25) is 0 Å². The van der Waals surface area contributed by atoms with Crippen LogP contribution in [0.4, 0.5) is 0 Å². The maximum Gasteiger partial charge on any atom is 0.273 e. The van der Waals surface area contributed by atoms with Crippen LogP contribution in [-0.2, 0) is 18.6 Å². The molecule has 5 aromatic rings. The van der Waals surface area contributed by atoms with Gasteiger partial charge in [-0.3, -0.25) is 9.36 Å². The first-order chi connectivity index (χ1) is 20.1. The summed E-state index contributed by atoms with van der Waals surface area (Å²) in [6.07, 6.45) is 3.85. The third-order valence-electron chi connectivity index (χ3n) is 7.63. The molecule has 1 fully saturated rings. The normalized spacial score (nSPS) is 13.9. The summed E-state index contributed by atoms with van der Waals surface area (Å²) in [5, 5.41) is 12.8. The van der Waals surface area contributed by atoms with Crippen LogP contribution in [0, 0.1) is 12.8 Å². The van der Waals surface area contributed by atoms with Crippen molar-refractivity contribution in [2.45, 2.75) is 43.5 Å². The lowest BCUT2D eigenvalue weighted by atomic mass is 9.90. The fraction of sp³-hybridized carbons (Fsp3) is 0.273. The van der Waals surface area contributed by atoms with E-state index in [1.165, 1.54) is 11.1 Å². The van der Waals surface area contributed by atoms with Gasteiger partial charge in [-0.15, -0.1) is 21.5 Å². The monoisotopic (exact) mass is 579 g/mol. The van der Waals surface area contributed by atoms with E-state index in [2.05, 4.69) is 76.3 Å². The van der Waals surface area contributed by atoms with E-state index in [-0.39, 0.29) is 5.91 Å². The zero-order chi connectivity index (χ0) is 28.0. The number of carbonyl (C=O) groups excluding carboxylic acids is 1. The van der Waals surface area contributed by atoms with Crippen LogP contribution in [0.3, 0.4) is 0 Å². The lowest BCUT2D eigenvalue weighted by Gasteiger charge is -2.31. The maximum atomic E-state index is 13.2. The van der Waals surface area contributed by atoms with E-state index in [9.17, 15) is 4.79 Å². The van der Waals surface area contributed by atoms with Crippen molar-refractivity contribution in [3.05, 3.63) is 124 Å². The number of thioether (sulfide) groups is 1. The molecule has 0 radical (unpaired) electrons. The highest BCUT2D eigenvalue weighted by Crippen LogP contribution is 2.29. The molecule has 1 aliphatic rings. The van der Waals surface area contributed by atoms with Crippen molar-refractivity contribution in [3.8, 4) is 5.69 Å². The molecule has 3 heterocycles. The number of piperidine rings is 1. The first kappa shape index (κ1) is 27.4. The Morgan fingerprint density at radius 3 is 2.32 bits per heavy atom. The van der Waals surface area contributed by atoms with Gasteiger partial charge in [0.25, 0.3) is 5.91 Å². The second-order valence-electron chi connectivity index (χ2n) is 10.5. The predicted molar refractivity (Wildman–Crippen MR) is 166 cm³/mol. The van der Waals surface area contributed by atoms with Crippen LogP contribution >= 0.6 is 23.1 Å². The van der Waals surface area contributed by atoms with Gasteiger partial charge >= 0.3 is 0 Å². The van der Waals surface area contributed by atoms with Crippen LogP contribution in [0.15, 0.2) is 95.5 Å². The number of aryl methyl sites for hydroxylation is 1. The summed E-state index contributed by atoms with van der Waals surface area (Å²) >= 11 is 3.15. The molecular formula is C33H33N5OS2. The van der Waals surface area contributed by atoms with Crippen molar-refractivity contribution in [1.82, 2.24) is 24.6 Å². The van der Waals surface area contributed by atoms with Crippen LogP contribution in [0.5, 0.6) is 0 Å². The number of nitrogens with zero attached hydrogens (tertiary/aromatic N) is 5. The second kappa shape index (κ2) is 12.8. The van der Waals surface area contributed by atoms with E-state index in [4.69, 9.17) is 4.98 Å². The zero-order valence-corrected chi connectivity index (χ0v) is 24.8. The highest BCUT2D eigenvalue weighted by molar-refractivity contribution is 7.98. The van der Waals surface area contributed by atoms with Crippen molar-refractivity contribution in [3.63, 3.8) is 0 Å². The Morgan fingerprint density at radius 2 is 1.59 bits per heavy atom.